The molecule has 33 heavy (non-hydrogen) atoms. The van der Waals surface area contributed by atoms with Gasteiger partial charge >= 0.3 is 0 Å². The first-order chi connectivity index (χ1) is 15.9. The molecule has 0 saturated carbocycles. The molecule has 4 aromatic heterocycles. The van der Waals surface area contributed by atoms with Crippen LogP contribution in [0.3, 0.4) is 0 Å². The molecule has 0 aliphatic carbocycles. The van der Waals surface area contributed by atoms with E-state index in [9.17, 15) is 13.2 Å². The van der Waals surface area contributed by atoms with Crippen molar-refractivity contribution in [2.45, 2.75) is 11.8 Å². The smallest absolute Gasteiger partial charge is 0.295 e. The van der Waals surface area contributed by atoms with Crippen molar-refractivity contribution >= 4 is 38.0 Å². The van der Waals surface area contributed by atoms with Crippen molar-refractivity contribution < 1.29 is 8.42 Å². The van der Waals surface area contributed by atoms with E-state index in [1.54, 1.807) is 43.2 Å². The Balaban J connectivity index is 1.84. The van der Waals surface area contributed by atoms with Crippen LogP contribution in [0.1, 0.15) is 6.92 Å². The second-order valence-electron chi connectivity index (χ2n) is 7.11. The van der Waals surface area contributed by atoms with E-state index < -0.39 is 15.4 Å². The Morgan fingerprint density at radius 1 is 1.12 bits per heavy atom. The summed E-state index contributed by atoms with van der Waals surface area (Å²) in [4.78, 5) is 29.3. The van der Waals surface area contributed by atoms with E-state index in [0.29, 0.717) is 22.4 Å². The molecule has 13 heteroatoms. The van der Waals surface area contributed by atoms with Gasteiger partial charge in [0.05, 0.1) is 34.1 Å². The third-order valence-electron chi connectivity index (χ3n) is 4.97. The first-order valence-electron chi connectivity index (χ1n) is 9.86. The predicted octanol–water partition coefficient (Wildman–Crippen LogP) is 1.37. The average molecular weight is 463 g/mol. The number of rotatable bonds is 5. The Morgan fingerprint density at radius 2 is 1.97 bits per heavy atom. The molecule has 1 aromatic carbocycles. The summed E-state index contributed by atoms with van der Waals surface area (Å²) in [5.41, 5.74) is 0.722. The molecule has 0 aliphatic rings. The van der Waals surface area contributed by atoms with Gasteiger partial charge in [0.25, 0.3) is 5.56 Å². The molecule has 166 valence electrons. The second-order valence-corrected chi connectivity index (χ2v) is 9.36. The van der Waals surface area contributed by atoms with E-state index >= 15 is 0 Å². The van der Waals surface area contributed by atoms with Crippen LogP contribution in [0.2, 0.25) is 0 Å². The highest BCUT2D eigenvalue weighted by Gasteiger charge is 2.22. The molecule has 12 nitrogen and oxygen atoms in total. The predicted molar refractivity (Wildman–Crippen MR) is 120 cm³/mol. The molecule has 0 spiro atoms. The number of fused-ring (bicyclic) bond motifs is 3. The van der Waals surface area contributed by atoms with Crippen molar-refractivity contribution in [1.82, 2.24) is 39.3 Å². The molecule has 0 unspecified atom stereocenters. The second kappa shape index (κ2) is 7.70. The molecule has 4 heterocycles. The van der Waals surface area contributed by atoms with E-state index in [0.717, 1.165) is 0 Å². The van der Waals surface area contributed by atoms with Gasteiger partial charge in [-0.1, -0.05) is 13.0 Å². The van der Waals surface area contributed by atoms with Gasteiger partial charge in [0.15, 0.2) is 21.3 Å². The average Bonchev–Trinajstić information content (AvgIpc) is 3.39. The Hall–Kier alpha value is -4.26. The molecule has 0 atom stereocenters. The van der Waals surface area contributed by atoms with E-state index in [2.05, 4.69) is 35.5 Å². The highest BCUT2D eigenvalue weighted by atomic mass is 32.2. The fourth-order valence-electron chi connectivity index (χ4n) is 3.34. The molecule has 0 amide bonds. The number of nitrogens with one attached hydrogen (secondary N) is 1. The SMILES string of the molecule is CCS(=O)(=O)c1cccc2c1nc(Nc1cnccnc1=O)n1nc(-c3cnn(C)c3)nc21. The maximum absolute atomic E-state index is 12.8. The van der Waals surface area contributed by atoms with Crippen LogP contribution in [0, 0.1) is 0 Å². The number of nitrogens with zero attached hydrogens (tertiary/aromatic N) is 8. The van der Waals surface area contributed by atoms with Crippen molar-refractivity contribution in [2.75, 3.05) is 11.1 Å². The fourth-order valence-corrected chi connectivity index (χ4v) is 4.39. The number of hydrogen-bond donors (Lipinski definition) is 1. The van der Waals surface area contributed by atoms with Gasteiger partial charge in [-0.15, -0.1) is 5.10 Å². The minimum absolute atomic E-state index is 0.0439. The number of aromatic nitrogens is 8. The normalized spacial score (nSPS) is 11.8. The largest absolute Gasteiger partial charge is 0.318 e. The third-order valence-corrected chi connectivity index (χ3v) is 6.73. The van der Waals surface area contributed by atoms with Crippen LogP contribution in [-0.2, 0) is 16.9 Å². The van der Waals surface area contributed by atoms with Crippen molar-refractivity contribution in [3.8, 4) is 11.4 Å². The molecular weight excluding hydrogens is 446 g/mol. The van der Waals surface area contributed by atoms with Crippen molar-refractivity contribution in [3.63, 3.8) is 0 Å². The number of benzene rings is 1. The van der Waals surface area contributed by atoms with Gasteiger partial charge < -0.3 is 5.32 Å². The summed E-state index contributed by atoms with van der Waals surface area (Å²) in [7, 11) is -1.82. The molecule has 5 rings (SSSR count). The Kier molecular flexibility index (Phi) is 4.82. The van der Waals surface area contributed by atoms with E-state index in [1.165, 1.54) is 29.2 Å². The van der Waals surface area contributed by atoms with Crippen LogP contribution >= 0.6 is 0 Å². The Morgan fingerprint density at radius 3 is 2.73 bits per heavy atom. The lowest BCUT2D eigenvalue weighted by atomic mass is 10.2. The number of para-hydroxylation sites is 1. The van der Waals surface area contributed by atoms with Crippen molar-refractivity contribution in [3.05, 3.63) is 59.5 Å². The summed E-state index contributed by atoms with van der Waals surface area (Å²) >= 11 is 0. The minimum atomic E-state index is -3.59. The van der Waals surface area contributed by atoms with Crippen LogP contribution < -0.4 is 10.9 Å². The molecule has 1 N–H and O–H groups in total. The van der Waals surface area contributed by atoms with Gasteiger partial charge in [-0.05, 0) is 12.1 Å². The van der Waals surface area contributed by atoms with E-state index in [-0.39, 0.29) is 27.8 Å². The zero-order chi connectivity index (χ0) is 23.2. The molecule has 0 aliphatic heterocycles. The van der Waals surface area contributed by atoms with Crippen LogP contribution in [0.5, 0.6) is 0 Å². The van der Waals surface area contributed by atoms with Gasteiger partial charge in [-0.25, -0.2) is 23.4 Å². The van der Waals surface area contributed by atoms with Crippen LogP contribution in [0.15, 0.2) is 58.9 Å². The van der Waals surface area contributed by atoms with Gasteiger partial charge in [0.1, 0.15) is 5.69 Å². The van der Waals surface area contributed by atoms with Crippen molar-refractivity contribution in [2.24, 2.45) is 7.05 Å². The zero-order valence-electron chi connectivity index (χ0n) is 17.5. The Labute approximate surface area is 186 Å². The first-order valence-corrected chi connectivity index (χ1v) is 11.5. The quantitative estimate of drug-likeness (QED) is 0.405. The maximum atomic E-state index is 12.8. The summed E-state index contributed by atoms with van der Waals surface area (Å²) < 4.78 is 28.6. The van der Waals surface area contributed by atoms with Crippen LogP contribution in [-0.4, -0.2) is 53.5 Å². The minimum Gasteiger partial charge on any atom is -0.318 e. The number of sulfone groups is 1. The maximum Gasteiger partial charge on any atom is 0.295 e. The zero-order valence-corrected chi connectivity index (χ0v) is 18.4. The number of anilines is 2. The fraction of sp³-hybridized carbons (Fsp3) is 0.150. The summed E-state index contributed by atoms with van der Waals surface area (Å²) in [6.45, 7) is 1.56. The topological polar surface area (TPSA) is 150 Å². The molecule has 0 fully saturated rings. The van der Waals surface area contributed by atoms with Gasteiger partial charge in [0, 0.05) is 31.0 Å². The van der Waals surface area contributed by atoms with Crippen LogP contribution in [0.4, 0.5) is 11.6 Å². The lowest BCUT2D eigenvalue weighted by Gasteiger charge is -2.10. The van der Waals surface area contributed by atoms with E-state index in [4.69, 9.17) is 0 Å². The van der Waals surface area contributed by atoms with Crippen molar-refractivity contribution in [1.29, 1.82) is 0 Å². The highest BCUT2D eigenvalue weighted by Crippen LogP contribution is 2.29. The summed E-state index contributed by atoms with van der Waals surface area (Å²) in [5.74, 6) is 0.356. The lowest BCUT2D eigenvalue weighted by Crippen LogP contribution is -2.13. The summed E-state index contributed by atoms with van der Waals surface area (Å²) in [6, 6.07) is 4.86. The van der Waals surface area contributed by atoms with Crippen LogP contribution in [0.25, 0.3) is 27.9 Å². The van der Waals surface area contributed by atoms with Gasteiger partial charge in [-0.2, -0.15) is 9.61 Å². The standard InChI is InChI=1S/C20H17N9O3S/c1-3-33(31,32)15-6-4-5-13-16(15)25-20(24-14-10-21-7-8-22-19(14)30)29-18(13)26-17(27-29)12-9-23-28(2)11-12/h4-11H,3H2,1-2H3,(H,22,24,25,30). The third kappa shape index (κ3) is 3.57. The number of hydrogen-bond acceptors (Lipinski definition) is 10. The molecule has 0 saturated heterocycles. The van der Waals surface area contributed by atoms with Gasteiger partial charge in [-0.3, -0.25) is 14.5 Å². The Bertz CT molecular complexity index is 1690. The summed E-state index contributed by atoms with van der Waals surface area (Å²) in [6.07, 6.45) is 7.33. The van der Waals surface area contributed by atoms with E-state index in [1.807, 2.05) is 0 Å². The molecular formula is C20H17N9O3S. The van der Waals surface area contributed by atoms with Gasteiger partial charge in [0.2, 0.25) is 5.95 Å². The first kappa shape index (κ1) is 20.6. The molecule has 0 bridgehead atoms. The molecule has 5 aromatic rings. The highest BCUT2D eigenvalue weighted by molar-refractivity contribution is 7.91. The summed E-state index contributed by atoms with van der Waals surface area (Å²) in [5, 5.41) is 12.1. The molecule has 0 radical (unpaired) electrons. The number of aryl methyl sites for hydroxylation is 1. The monoisotopic (exact) mass is 463 g/mol. The lowest BCUT2D eigenvalue weighted by molar-refractivity contribution is 0.598.